The fraction of sp³-hybridized carbons (Fsp3) is 0.0714. The van der Waals surface area contributed by atoms with Crippen LogP contribution in [0.1, 0.15) is 0 Å². The van der Waals surface area contributed by atoms with Gasteiger partial charge in [-0.05, 0) is 18.2 Å². The topological polar surface area (TPSA) is 98.9 Å². The van der Waals surface area contributed by atoms with Gasteiger partial charge in [-0.25, -0.2) is 4.98 Å². The smallest absolute Gasteiger partial charge is 0.236 e. The van der Waals surface area contributed by atoms with Crippen molar-refractivity contribution in [2.75, 3.05) is 16.4 Å². The summed E-state index contributed by atoms with van der Waals surface area (Å²) in [5.74, 6) is 0.602. The number of aryl methyl sites for hydroxylation is 1. The monoisotopic (exact) mass is 315 g/mol. The largest absolute Gasteiger partial charge is 0.399 e. The van der Waals surface area contributed by atoms with Crippen LogP contribution in [0.2, 0.25) is 5.02 Å². The number of nitrogens with two attached hydrogens (primary N) is 2. The molecule has 0 amide bonds. The first-order chi connectivity index (χ1) is 10.5. The Morgan fingerprint density at radius 2 is 2.00 bits per heavy atom. The highest BCUT2D eigenvalue weighted by atomic mass is 35.5. The van der Waals surface area contributed by atoms with Gasteiger partial charge in [-0.15, -0.1) is 0 Å². The Hall–Kier alpha value is -2.80. The number of hydrogen-bond donors (Lipinski definition) is 2. The first-order valence-electron chi connectivity index (χ1n) is 6.47. The quantitative estimate of drug-likeness (QED) is 0.720. The number of nitrogen functional groups attached to an aromatic ring is 2. The summed E-state index contributed by atoms with van der Waals surface area (Å²) in [5.41, 5.74) is 13.9. The molecule has 22 heavy (non-hydrogen) atoms. The molecule has 0 aliphatic rings. The fourth-order valence-corrected chi connectivity index (χ4v) is 2.14. The summed E-state index contributed by atoms with van der Waals surface area (Å²) in [5, 5.41) is 4.49. The molecule has 0 fully saturated rings. The maximum atomic E-state index is 5.90. The van der Waals surface area contributed by atoms with E-state index >= 15 is 0 Å². The molecule has 0 aliphatic heterocycles. The molecule has 4 N–H and O–H groups in total. The van der Waals surface area contributed by atoms with E-state index in [1.807, 2.05) is 37.5 Å². The minimum atomic E-state index is 0.212. The molecule has 0 radical (unpaired) electrons. The van der Waals surface area contributed by atoms with Crippen LogP contribution in [0.15, 0.2) is 42.9 Å². The average Bonchev–Trinajstić information content (AvgIpc) is 2.89. The van der Waals surface area contributed by atoms with Crippen LogP contribution >= 0.6 is 11.6 Å². The highest BCUT2D eigenvalue weighted by molar-refractivity contribution is 6.32. The highest BCUT2D eigenvalue weighted by Crippen LogP contribution is 2.33. The number of halogens is 1. The van der Waals surface area contributed by atoms with Gasteiger partial charge < -0.3 is 11.5 Å². The van der Waals surface area contributed by atoms with Crippen molar-refractivity contribution >= 4 is 40.4 Å². The van der Waals surface area contributed by atoms with Gasteiger partial charge in [0.05, 0.1) is 23.8 Å². The lowest BCUT2D eigenvalue weighted by Crippen LogP contribution is -2.14. The second kappa shape index (κ2) is 5.53. The standard InChI is InChI=1S/C14H14ClN7/c1-21-8-11(6-19-21)22(10-4-2-3-9(16)5-10)14-18-7-12(15)13(17)20-14/h2-8H,16H2,1H3,(H2,17,18,20). The predicted molar refractivity (Wildman–Crippen MR) is 87.3 cm³/mol. The second-order valence-electron chi connectivity index (χ2n) is 4.71. The van der Waals surface area contributed by atoms with Crippen molar-refractivity contribution in [3.63, 3.8) is 0 Å². The number of rotatable bonds is 3. The number of nitrogens with zero attached hydrogens (tertiary/aromatic N) is 5. The summed E-state index contributed by atoms with van der Waals surface area (Å²) >= 11 is 5.90. The van der Waals surface area contributed by atoms with Crippen LogP contribution in [0.25, 0.3) is 0 Å². The Bertz CT molecular complexity index is 814. The maximum Gasteiger partial charge on any atom is 0.236 e. The van der Waals surface area contributed by atoms with Gasteiger partial charge in [-0.2, -0.15) is 10.1 Å². The van der Waals surface area contributed by atoms with Gasteiger partial charge in [0.15, 0.2) is 0 Å². The zero-order chi connectivity index (χ0) is 15.7. The Morgan fingerprint density at radius 1 is 1.18 bits per heavy atom. The van der Waals surface area contributed by atoms with Crippen molar-refractivity contribution in [3.05, 3.63) is 47.9 Å². The molecule has 7 nitrogen and oxygen atoms in total. The van der Waals surface area contributed by atoms with E-state index in [0.29, 0.717) is 16.7 Å². The molecule has 0 atom stereocenters. The van der Waals surface area contributed by atoms with Gasteiger partial charge in [0.2, 0.25) is 5.95 Å². The Balaban J connectivity index is 2.16. The van der Waals surface area contributed by atoms with E-state index in [2.05, 4.69) is 15.1 Å². The van der Waals surface area contributed by atoms with Gasteiger partial charge in [-0.3, -0.25) is 9.58 Å². The third-order valence-corrected chi connectivity index (χ3v) is 3.33. The van der Waals surface area contributed by atoms with Crippen molar-refractivity contribution in [2.24, 2.45) is 7.05 Å². The van der Waals surface area contributed by atoms with Crippen molar-refractivity contribution in [1.29, 1.82) is 0 Å². The number of aromatic nitrogens is 4. The molecule has 2 aromatic heterocycles. The summed E-state index contributed by atoms with van der Waals surface area (Å²) in [6.45, 7) is 0. The Kier molecular flexibility index (Phi) is 3.56. The molecule has 0 saturated heterocycles. The molecule has 2 heterocycles. The predicted octanol–water partition coefficient (Wildman–Crippen LogP) is 2.50. The minimum Gasteiger partial charge on any atom is -0.399 e. The zero-order valence-electron chi connectivity index (χ0n) is 11.8. The molecule has 3 rings (SSSR count). The van der Waals surface area contributed by atoms with Crippen molar-refractivity contribution in [1.82, 2.24) is 19.7 Å². The fourth-order valence-electron chi connectivity index (χ4n) is 2.05. The number of benzene rings is 1. The van der Waals surface area contributed by atoms with Gasteiger partial charge in [0.1, 0.15) is 10.8 Å². The van der Waals surface area contributed by atoms with Crippen LogP contribution in [-0.2, 0) is 7.05 Å². The van der Waals surface area contributed by atoms with Crippen LogP contribution < -0.4 is 16.4 Å². The normalized spacial score (nSPS) is 10.6. The summed E-state index contributed by atoms with van der Waals surface area (Å²) in [7, 11) is 1.83. The van der Waals surface area contributed by atoms with Gasteiger partial charge >= 0.3 is 0 Å². The Labute approximate surface area is 132 Å². The lowest BCUT2D eigenvalue weighted by Gasteiger charge is -2.21. The van der Waals surface area contributed by atoms with E-state index in [9.17, 15) is 0 Å². The van der Waals surface area contributed by atoms with Crippen molar-refractivity contribution in [3.8, 4) is 0 Å². The molecule has 0 unspecified atom stereocenters. The van der Waals surface area contributed by atoms with E-state index in [4.69, 9.17) is 23.1 Å². The van der Waals surface area contributed by atoms with Crippen LogP contribution in [0.4, 0.5) is 28.8 Å². The van der Waals surface area contributed by atoms with Gasteiger partial charge in [-0.1, -0.05) is 17.7 Å². The molecule has 3 aromatic rings. The zero-order valence-corrected chi connectivity index (χ0v) is 12.6. The van der Waals surface area contributed by atoms with Crippen LogP contribution in [0.3, 0.4) is 0 Å². The maximum absolute atomic E-state index is 5.90. The van der Waals surface area contributed by atoms with Crippen molar-refractivity contribution in [2.45, 2.75) is 0 Å². The van der Waals surface area contributed by atoms with Gasteiger partial charge in [0, 0.05) is 18.9 Å². The third kappa shape index (κ3) is 2.66. The molecule has 0 saturated carbocycles. The van der Waals surface area contributed by atoms with Gasteiger partial charge in [0.25, 0.3) is 0 Å². The lowest BCUT2D eigenvalue weighted by atomic mass is 10.2. The molecular formula is C14H14ClN7. The molecule has 8 heteroatoms. The number of hydrogen-bond acceptors (Lipinski definition) is 6. The van der Waals surface area contributed by atoms with Crippen LogP contribution in [-0.4, -0.2) is 19.7 Å². The van der Waals surface area contributed by atoms with Crippen LogP contribution in [0.5, 0.6) is 0 Å². The third-order valence-electron chi connectivity index (χ3n) is 3.04. The van der Waals surface area contributed by atoms with E-state index in [0.717, 1.165) is 11.4 Å². The van der Waals surface area contributed by atoms with E-state index in [1.165, 1.54) is 6.20 Å². The van der Waals surface area contributed by atoms with E-state index in [-0.39, 0.29) is 5.82 Å². The average molecular weight is 316 g/mol. The van der Waals surface area contributed by atoms with E-state index in [1.54, 1.807) is 15.8 Å². The Morgan fingerprint density at radius 3 is 2.64 bits per heavy atom. The second-order valence-corrected chi connectivity index (χ2v) is 5.11. The highest BCUT2D eigenvalue weighted by Gasteiger charge is 2.17. The molecule has 0 bridgehead atoms. The molecule has 112 valence electrons. The molecule has 0 spiro atoms. The first-order valence-corrected chi connectivity index (χ1v) is 6.85. The minimum absolute atomic E-state index is 0.212. The summed E-state index contributed by atoms with van der Waals surface area (Å²) in [4.78, 5) is 10.3. The first kappa shape index (κ1) is 14.2. The summed E-state index contributed by atoms with van der Waals surface area (Å²) < 4.78 is 1.69. The molecular weight excluding hydrogens is 302 g/mol. The van der Waals surface area contributed by atoms with Crippen molar-refractivity contribution < 1.29 is 0 Å². The molecule has 0 aliphatic carbocycles. The number of anilines is 5. The summed E-state index contributed by atoms with van der Waals surface area (Å²) in [6.07, 6.45) is 5.02. The van der Waals surface area contributed by atoms with Crippen LogP contribution in [0, 0.1) is 0 Å². The SMILES string of the molecule is Cn1cc(N(c2cccc(N)c2)c2ncc(Cl)c(N)n2)cn1. The van der Waals surface area contributed by atoms with E-state index < -0.39 is 0 Å². The molecule has 1 aromatic carbocycles. The lowest BCUT2D eigenvalue weighted by molar-refractivity contribution is 0.767. The summed E-state index contributed by atoms with van der Waals surface area (Å²) in [6, 6.07) is 7.38.